The summed E-state index contributed by atoms with van der Waals surface area (Å²) in [6.45, 7) is 1.15. The molecule has 2 rings (SSSR count). The lowest BCUT2D eigenvalue weighted by Crippen LogP contribution is -2.15. The summed E-state index contributed by atoms with van der Waals surface area (Å²) >= 11 is 0. The molecule has 0 spiro atoms. The molecule has 0 amide bonds. The molecule has 0 aliphatic heterocycles. The van der Waals surface area contributed by atoms with Crippen LogP contribution in [0.4, 0.5) is 0 Å². The maximum atomic E-state index is 2.43. The summed E-state index contributed by atoms with van der Waals surface area (Å²) in [6, 6.07) is 7.09. The molecule has 1 aliphatic carbocycles. The Hall–Kier alpha value is -0.820. The van der Waals surface area contributed by atoms with Crippen LogP contribution in [-0.2, 0) is 19.3 Å². The normalized spacial score (nSPS) is 15.4. The van der Waals surface area contributed by atoms with Gasteiger partial charge in [0.15, 0.2) is 0 Å². The molecule has 1 aliphatic rings. The van der Waals surface area contributed by atoms with Crippen molar-refractivity contribution in [2.24, 2.45) is 0 Å². The minimum atomic E-state index is 1.15. The number of hydrogen-bond donors (Lipinski definition) is 0. The lowest BCUT2D eigenvalue weighted by atomic mass is 9.90. The van der Waals surface area contributed by atoms with E-state index >= 15 is 0 Å². The van der Waals surface area contributed by atoms with Crippen molar-refractivity contribution in [2.75, 3.05) is 20.6 Å². The zero-order valence-electron chi connectivity index (χ0n) is 9.92. The predicted molar refractivity (Wildman–Crippen MR) is 65.3 cm³/mol. The fourth-order valence-corrected chi connectivity index (χ4v) is 2.29. The van der Waals surface area contributed by atoms with Gasteiger partial charge in [0.25, 0.3) is 0 Å². The van der Waals surface area contributed by atoms with E-state index in [-0.39, 0.29) is 0 Å². The summed E-state index contributed by atoms with van der Waals surface area (Å²) in [7, 11) is 4.27. The van der Waals surface area contributed by atoms with Gasteiger partial charge in [-0.3, -0.25) is 0 Å². The molecule has 0 aromatic heterocycles. The Morgan fingerprint density at radius 1 is 1.07 bits per heavy atom. The van der Waals surface area contributed by atoms with Crippen molar-refractivity contribution >= 4 is 0 Å². The second-order valence-electron chi connectivity index (χ2n) is 4.86. The molecule has 82 valence electrons. The Morgan fingerprint density at radius 3 is 2.53 bits per heavy atom. The van der Waals surface area contributed by atoms with E-state index in [1.54, 1.807) is 11.1 Å². The summed E-state index contributed by atoms with van der Waals surface area (Å²) in [4.78, 5) is 2.25. The van der Waals surface area contributed by atoms with Crippen molar-refractivity contribution in [3.05, 3.63) is 34.9 Å². The largest absolute Gasteiger partial charge is 0.309 e. The first-order valence-corrected chi connectivity index (χ1v) is 6.01. The van der Waals surface area contributed by atoms with E-state index in [9.17, 15) is 0 Å². The molecule has 0 N–H and O–H groups in total. The van der Waals surface area contributed by atoms with E-state index < -0.39 is 0 Å². The fourth-order valence-electron chi connectivity index (χ4n) is 2.29. The van der Waals surface area contributed by atoms with Crippen LogP contribution in [0, 0.1) is 0 Å². The zero-order valence-corrected chi connectivity index (χ0v) is 9.92. The third-order valence-electron chi connectivity index (χ3n) is 3.26. The van der Waals surface area contributed by atoms with Crippen LogP contribution in [0.15, 0.2) is 18.2 Å². The lowest BCUT2D eigenvalue weighted by Gasteiger charge is -2.17. The fraction of sp³-hybridized carbons (Fsp3) is 0.571. The van der Waals surface area contributed by atoms with Gasteiger partial charge in [0, 0.05) is 6.54 Å². The standard InChI is InChI=1S/C14H21N/c1-15(2)10-9-12-7-8-13-5-3-4-6-14(13)11-12/h7-8,11H,3-6,9-10H2,1-2H3. The van der Waals surface area contributed by atoms with Gasteiger partial charge >= 0.3 is 0 Å². The van der Waals surface area contributed by atoms with Crippen molar-refractivity contribution in [1.29, 1.82) is 0 Å². The van der Waals surface area contributed by atoms with E-state index in [1.807, 2.05) is 0 Å². The molecule has 0 fully saturated rings. The van der Waals surface area contributed by atoms with Crippen LogP contribution < -0.4 is 0 Å². The number of rotatable bonds is 3. The number of nitrogens with zero attached hydrogens (tertiary/aromatic N) is 1. The summed E-state index contributed by atoms with van der Waals surface area (Å²) < 4.78 is 0. The Balaban J connectivity index is 2.07. The Morgan fingerprint density at radius 2 is 1.80 bits per heavy atom. The SMILES string of the molecule is CN(C)CCc1ccc2c(c1)CCCC2. The maximum Gasteiger partial charge on any atom is 0.00157 e. The minimum absolute atomic E-state index is 1.15. The van der Waals surface area contributed by atoms with Gasteiger partial charge in [-0.2, -0.15) is 0 Å². The van der Waals surface area contributed by atoms with Crippen molar-refractivity contribution < 1.29 is 0 Å². The van der Waals surface area contributed by atoms with E-state index in [2.05, 4.69) is 37.2 Å². The average Bonchev–Trinajstić information content (AvgIpc) is 2.26. The van der Waals surface area contributed by atoms with E-state index in [0.717, 1.165) is 6.54 Å². The first kappa shape index (κ1) is 10.7. The molecule has 0 radical (unpaired) electrons. The molecule has 0 saturated heterocycles. The maximum absolute atomic E-state index is 2.43. The quantitative estimate of drug-likeness (QED) is 0.730. The number of aryl methyl sites for hydroxylation is 2. The van der Waals surface area contributed by atoms with Crippen molar-refractivity contribution in [3.8, 4) is 0 Å². The molecule has 1 heteroatoms. The predicted octanol–water partition coefficient (Wildman–Crippen LogP) is 2.67. The number of benzene rings is 1. The van der Waals surface area contributed by atoms with Gasteiger partial charge < -0.3 is 4.90 Å². The number of fused-ring (bicyclic) bond motifs is 1. The van der Waals surface area contributed by atoms with Gasteiger partial charge in [-0.25, -0.2) is 0 Å². The molecule has 1 aromatic rings. The van der Waals surface area contributed by atoms with Crippen LogP contribution in [0.1, 0.15) is 29.5 Å². The second-order valence-corrected chi connectivity index (χ2v) is 4.86. The van der Waals surface area contributed by atoms with Gasteiger partial charge in [-0.15, -0.1) is 0 Å². The molecule has 0 saturated carbocycles. The number of hydrogen-bond acceptors (Lipinski definition) is 1. The monoisotopic (exact) mass is 203 g/mol. The molecule has 0 bridgehead atoms. The molecule has 0 heterocycles. The van der Waals surface area contributed by atoms with E-state index in [1.165, 1.54) is 37.7 Å². The Bertz CT molecular complexity index is 328. The zero-order chi connectivity index (χ0) is 10.7. The highest BCUT2D eigenvalue weighted by molar-refractivity contribution is 5.33. The van der Waals surface area contributed by atoms with Crippen LogP contribution in [0.3, 0.4) is 0 Å². The highest BCUT2D eigenvalue weighted by Gasteiger charge is 2.09. The minimum Gasteiger partial charge on any atom is -0.309 e. The smallest absolute Gasteiger partial charge is 0.00157 e. The van der Waals surface area contributed by atoms with E-state index in [4.69, 9.17) is 0 Å². The highest BCUT2D eigenvalue weighted by Crippen LogP contribution is 2.22. The molecule has 1 nitrogen and oxygen atoms in total. The van der Waals surface area contributed by atoms with Gasteiger partial charge in [0.05, 0.1) is 0 Å². The van der Waals surface area contributed by atoms with Gasteiger partial charge in [-0.1, -0.05) is 18.2 Å². The summed E-state index contributed by atoms with van der Waals surface area (Å²) in [5, 5.41) is 0. The number of likely N-dealkylation sites (N-methyl/N-ethyl adjacent to an activating group) is 1. The van der Waals surface area contributed by atoms with Crippen LogP contribution in [0.5, 0.6) is 0 Å². The van der Waals surface area contributed by atoms with E-state index in [0.29, 0.717) is 0 Å². The summed E-state index contributed by atoms with van der Waals surface area (Å²) in [5.74, 6) is 0. The average molecular weight is 203 g/mol. The van der Waals surface area contributed by atoms with Crippen LogP contribution in [-0.4, -0.2) is 25.5 Å². The third-order valence-corrected chi connectivity index (χ3v) is 3.26. The molecule has 0 atom stereocenters. The topological polar surface area (TPSA) is 3.24 Å². The van der Waals surface area contributed by atoms with Crippen molar-refractivity contribution in [1.82, 2.24) is 4.90 Å². The van der Waals surface area contributed by atoms with Gasteiger partial charge in [0.2, 0.25) is 0 Å². The van der Waals surface area contributed by atoms with Gasteiger partial charge in [0.1, 0.15) is 0 Å². The molecule has 0 unspecified atom stereocenters. The van der Waals surface area contributed by atoms with Gasteiger partial charge in [-0.05, 0) is 62.9 Å². The molecule has 15 heavy (non-hydrogen) atoms. The molecule has 1 aromatic carbocycles. The molecular weight excluding hydrogens is 182 g/mol. The van der Waals surface area contributed by atoms with Crippen LogP contribution in [0.25, 0.3) is 0 Å². The first-order chi connectivity index (χ1) is 7.25. The van der Waals surface area contributed by atoms with Crippen molar-refractivity contribution in [2.45, 2.75) is 32.1 Å². The van der Waals surface area contributed by atoms with Crippen LogP contribution in [0.2, 0.25) is 0 Å². The van der Waals surface area contributed by atoms with Crippen molar-refractivity contribution in [3.63, 3.8) is 0 Å². The molecular formula is C14H21N. The summed E-state index contributed by atoms with van der Waals surface area (Å²) in [6.07, 6.45) is 6.53. The second kappa shape index (κ2) is 4.80. The lowest BCUT2D eigenvalue weighted by molar-refractivity contribution is 0.413. The highest BCUT2D eigenvalue weighted by atomic mass is 15.0. The third kappa shape index (κ3) is 2.82. The Kier molecular flexibility index (Phi) is 3.42. The Labute approximate surface area is 93.1 Å². The first-order valence-electron chi connectivity index (χ1n) is 6.01. The summed E-state index contributed by atoms with van der Waals surface area (Å²) in [5.41, 5.74) is 4.71. The van der Waals surface area contributed by atoms with Crippen LogP contribution >= 0.6 is 0 Å².